The number of carbonyl (C=O) groups is 1. The minimum absolute atomic E-state index is 0.0478. The molecule has 0 fully saturated rings. The maximum atomic E-state index is 13.0. The van der Waals surface area contributed by atoms with Gasteiger partial charge in [0.15, 0.2) is 5.69 Å². The number of rotatable bonds is 5. The van der Waals surface area contributed by atoms with Crippen LogP contribution in [-0.4, -0.2) is 21.7 Å². The predicted octanol–water partition coefficient (Wildman–Crippen LogP) is 4.00. The summed E-state index contributed by atoms with van der Waals surface area (Å²) in [7, 11) is 1.43. The Bertz CT molecular complexity index is 881. The topological polar surface area (TPSA) is 60.1 Å². The average molecular weight is 371 g/mol. The number of aromatic nitrogens is 2. The van der Waals surface area contributed by atoms with E-state index in [0.29, 0.717) is 17.7 Å². The molecular weight excluding hydrogens is 355 g/mol. The van der Waals surface area contributed by atoms with Gasteiger partial charge in [-0.25, -0.2) is 0 Å². The van der Waals surface area contributed by atoms with E-state index in [0.717, 1.165) is 21.8 Å². The number of hydrogen-bond acceptors (Lipinski definition) is 4. The zero-order valence-electron chi connectivity index (χ0n) is 13.6. The summed E-state index contributed by atoms with van der Waals surface area (Å²) in [6.07, 6.45) is -1.63. The lowest BCUT2D eigenvalue weighted by Crippen LogP contribution is -2.32. The second-order valence-electron chi connectivity index (χ2n) is 5.79. The molecule has 9 heteroatoms. The largest absolute Gasteiger partial charge is 0.469 e. The number of alkyl halides is 3. The van der Waals surface area contributed by atoms with Crippen molar-refractivity contribution in [2.45, 2.75) is 32.0 Å². The monoisotopic (exact) mass is 371 g/mol. The van der Waals surface area contributed by atoms with Crippen LogP contribution in [0, 0.1) is 0 Å². The number of nitrogens with zero attached hydrogens (tertiary/aromatic N) is 2. The molecular formula is C16H16F3N3O2S. The van der Waals surface area contributed by atoms with Crippen LogP contribution in [0.15, 0.2) is 28.9 Å². The normalized spacial score (nSPS) is 13.3. The lowest BCUT2D eigenvalue weighted by atomic mass is 10.1. The maximum Gasteiger partial charge on any atom is 0.435 e. The van der Waals surface area contributed by atoms with E-state index < -0.39 is 11.9 Å². The fraction of sp³-hybridized carbons (Fsp3) is 0.375. The first-order valence-electron chi connectivity index (χ1n) is 7.62. The number of aryl methyl sites for hydroxylation is 2. The minimum Gasteiger partial charge on any atom is -0.469 e. The molecule has 1 atom stereocenters. The number of furan rings is 1. The van der Waals surface area contributed by atoms with Crippen molar-refractivity contribution in [2.75, 3.05) is 0 Å². The van der Waals surface area contributed by atoms with Gasteiger partial charge in [-0.3, -0.25) is 9.48 Å². The van der Waals surface area contributed by atoms with E-state index in [1.807, 2.05) is 13.0 Å². The molecule has 0 bridgehead atoms. The van der Waals surface area contributed by atoms with E-state index in [4.69, 9.17) is 4.42 Å². The SMILES string of the molecule is C[C@H](CCc1ccco1)NC(=O)c1cc2c(C(F)(F)F)nn(C)c2s1. The van der Waals surface area contributed by atoms with Crippen molar-refractivity contribution in [3.8, 4) is 0 Å². The van der Waals surface area contributed by atoms with Gasteiger partial charge in [0, 0.05) is 24.9 Å². The third-order valence-corrected chi connectivity index (χ3v) is 4.99. The summed E-state index contributed by atoms with van der Waals surface area (Å²) >= 11 is 0.997. The summed E-state index contributed by atoms with van der Waals surface area (Å²) in [5.41, 5.74) is -0.967. The molecule has 0 spiro atoms. The molecule has 1 N–H and O–H groups in total. The Balaban J connectivity index is 1.71. The fourth-order valence-corrected chi connectivity index (χ4v) is 3.52. The van der Waals surface area contributed by atoms with Gasteiger partial charge in [-0.05, 0) is 31.5 Å². The van der Waals surface area contributed by atoms with Crippen molar-refractivity contribution >= 4 is 27.5 Å². The van der Waals surface area contributed by atoms with Crippen molar-refractivity contribution in [2.24, 2.45) is 7.05 Å². The van der Waals surface area contributed by atoms with Crippen LogP contribution in [0.25, 0.3) is 10.2 Å². The summed E-state index contributed by atoms with van der Waals surface area (Å²) in [6, 6.07) is 4.77. The van der Waals surface area contributed by atoms with E-state index in [9.17, 15) is 18.0 Å². The molecule has 0 unspecified atom stereocenters. The number of carbonyl (C=O) groups excluding carboxylic acids is 1. The van der Waals surface area contributed by atoms with Crippen LogP contribution in [0.2, 0.25) is 0 Å². The number of nitrogens with one attached hydrogen (secondary N) is 1. The molecule has 1 amide bonds. The van der Waals surface area contributed by atoms with Gasteiger partial charge in [-0.1, -0.05) is 0 Å². The third kappa shape index (κ3) is 3.71. The molecule has 25 heavy (non-hydrogen) atoms. The van der Waals surface area contributed by atoms with Crippen molar-refractivity contribution < 1.29 is 22.4 Å². The maximum absolute atomic E-state index is 13.0. The number of amides is 1. The zero-order valence-corrected chi connectivity index (χ0v) is 14.4. The molecule has 0 saturated heterocycles. The fourth-order valence-electron chi connectivity index (χ4n) is 2.54. The van der Waals surface area contributed by atoms with Crippen molar-refractivity contribution in [3.63, 3.8) is 0 Å². The number of fused-ring (bicyclic) bond motifs is 1. The number of thiophene rings is 1. The van der Waals surface area contributed by atoms with Crippen molar-refractivity contribution in [1.82, 2.24) is 15.1 Å². The van der Waals surface area contributed by atoms with Crippen molar-refractivity contribution in [3.05, 3.63) is 40.8 Å². The van der Waals surface area contributed by atoms with Gasteiger partial charge < -0.3 is 9.73 Å². The lowest BCUT2D eigenvalue weighted by Gasteiger charge is -2.12. The molecule has 0 saturated carbocycles. The predicted molar refractivity (Wildman–Crippen MR) is 87.6 cm³/mol. The summed E-state index contributed by atoms with van der Waals surface area (Å²) < 4.78 is 45.4. The first kappa shape index (κ1) is 17.5. The Morgan fingerprint density at radius 1 is 1.48 bits per heavy atom. The molecule has 0 aliphatic heterocycles. The van der Waals surface area contributed by atoms with Crippen molar-refractivity contribution in [1.29, 1.82) is 0 Å². The highest BCUT2D eigenvalue weighted by Crippen LogP contribution is 2.37. The summed E-state index contributed by atoms with van der Waals surface area (Å²) in [4.78, 5) is 12.9. The van der Waals surface area contributed by atoms with Crippen LogP contribution >= 0.6 is 11.3 Å². The second kappa shape index (κ2) is 6.55. The van der Waals surface area contributed by atoms with Crippen LogP contribution in [0.5, 0.6) is 0 Å². The first-order valence-corrected chi connectivity index (χ1v) is 8.44. The van der Waals surface area contributed by atoms with E-state index in [1.165, 1.54) is 13.1 Å². The van der Waals surface area contributed by atoms with E-state index >= 15 is 0 Å². The molecule has 3 rings (SSSR count). The van der Waals surface area contributed by atoms with Gasteiger partial charge in [0.25, 0.3) is 5.91 Å². The second-order valence-corrected chi connectivity index (χ2v) is 6.82. The molecule has 0 radical (unpaired) electrons. The van der Waals surface area contributed by atoms with Gasteiger partial charge in [-0.2, -0.15) is 18.3 Å². The third-order valence-electron chi connectivity index (χ3n) is 3.79. The lowest BCUT2D eigenvalue weighted by molar-refractivity contribution is -0.140. The van der Waals surface area contributed by atoms with Gasteiger partial charge in [0.05, 0.1) is 11.1 Å². The van der Waals surface area contributed by atoms with E-state index in [2.05, 4.69) is 10.4 Å². The number of hydrogen-bond donors (Lipinski definition) is 1. The molecule has 5 nitrogen and oxygen atoms in total. The van der Waals surface area contributed by atoms with Crippen LogP contribution in [0.1, 0.15) is 34.5 Å². The Kier molecular flexibility index (Phi) is 4.59. The summed E-state index contributed by atoms with van der Waals surface area (Å²) in [5.74, 6) is 0.435. The Hall–Kier alpha value is -2.29. The molecule has 3 aromatic rings. The number of halogens is 3. The Morgan fingerprint density at radius 2 is 2.24 bits per heavy atom. The zero-order chi connectivity index (χ0) is 18.2. The van der Waals surface area contributed by atoms with Gasteiger partial charge in [0.2, 0.25) is 0 Å². The molecule has 0 aliphatic rings. The standard InChI is InChI=1S/C16H16F3N3O2S/c1-9(5-6-10-4-3-7-24-10)20-14(23)12-8-11-13(16(17,18)19)21-22(2)15(11)25-12/h3-4,7-9H,5-6H2,1-2H3,(H,20,23)/t9-/m1/s1. The summed E-state index contributed by atoms with van der Waals surface area (Å²) in [6.45, 7) is 1.84. The highest BCUT2D eigenvalue weighted by atomic mass is 32.1. The molecule has 0 aliphatic carbocycles. The van der Waals surface area contributed by atoms with Gasteiger partial charge >= 0.3 is 6.18 Å². The average Bonchev–Trinajstić information content (AvgIpc) is 3.22. The molecule has 134 valence electrons. The molecule has 3 aromatic heterocycles. The van der Waals surface area contributed by atoms with Crippen LogP contribution < -0.4 is 5.32 Å². The highest BCUT2D eigenvalue weighted by Gasteiger charge is 2.37. The van der Waals surface area contributed by atoms with Crippen LogP contribution in [-0.2, 0) is 19.6 Å². The smallest absolute Gasteiger partial charge is 0.435 e. The van der Waals surface area contributed by atoms with Gasteiger partial charge in [-0.15, -0.1) is 11.3 Å². The van der Waals surface area contributed by atoms with Crippen LogP contribution in [0.3, 0.4) is 0 Å². The Morgan fingerprint density at radius 3 is 2.88 bits per heavy atom. The Labute approximate surface area is 145 Å². The quantitative estimate of drug-likeness (QED) is 0.738. The van der Waals surface area contributed by atoms with Gasteiger partial charge in [0.1, 0.15) is 10.6 Å². The minimum atomic E-state index is -4.55. The highest BCUT2D eigenvalue weighted by molar-refractivity contribution is 7.20. The van der Waals surface area contributed by atoms with Crippen LogP contribution in [0.4, 0.5) is 13.2 Å². The molecule has 3 heterocycles. The van der Waals surface area contributed by atoms with E-state index in [-0.39, 0.29) is 22.2 Å². The summed E-state index contributed by atoms with van der Waals surface area (Å²) in [5, 5.41) is 6.26. The molecule has 0 aromatic carbocycles. The first-order chi connectivity index (χ1) is 11.8. The van der Waals surface area contributed by atoms with E-state index in [1.54, 1.807) is 12.3 Å².